The van der Waals surface area contributed by atoms with Crippen molar-refractivity contribution in [3.05, 3.63) is 10.6 Å². The summed E-state index contributed by atoms with van der Waals surface area (Å²) in [6, 6.07) is 0.392. The van der Waals surface area contributed by atoms with E-state index in [1.165, 1.54) is 12.8 Å². The standard InChI is InChI=1S/C15H24N2O2S/c1-9(2)5-4-6-10(3)16-15-17-13-11(14(18)19)7-8-12(13)20-15/h9-11H,4-8H2,1-3H3,(H,16,17)(H,18,19). The van der Waals surface area contributed by atoms with Crippen LogP contribution < -0.4 is 5.32 Å². The van der Waals surface area contributed by atoms with Crippen molar-refractivity contribution in [2.24, 2.45) is 5.92 Å². The van der Waals surface area contributed by atoms with Gasteiger partial charge in [0.15, 0.2) is 5.13 Å². The van der Waals surface area contributed by atoms with E-state index in [1.54, 1.807) is 11.3 Å². The summed E-state index contributed by atoms with van der Waals surface area (Å²) in [5.74, 6) is -0.388. The monoisotopic (exact) mass is 296 g/mol. The van der Waals surface area contributed by atoms with Crippen molar-refractivity contribution < 1.29 is 9.90 Å². The second-order valence-electron chi connectivity index (χ2n) is 6.13. The number of anilines is 1. The number of fused-ring (bicyclic) bond motifs is 1. The second-order valence-corrected chi connectivity index (χ2v) is 7.21. The minimum Gasteiger partial charge on any atom is -0.481 e. The predicted octanol–water partition coefficient (Wildman–Crippen LogP) is 3.88. The molecule has 5 heteroatoms. The van der Waals surface area contributed by atoms with Crippen molar-refractivity contribution >= 4 is 22.4 Å². The van der Waals surface area contributed by atoms with Crippen LogP contribution in [0, 0.1) is 5.92 Å². The molecule has 2 unspecified atom stereocenters. The molecule has 0 saturated carbocycles. The number of nitrogens with zero attached hydrogens (tertiary/aromatic N) is 1. The second kappa shape index (κ2) is 6.57. The van der Waals surface area contributed by atoms with Gasteiger partial charge in [-0.2, -0.15) is 0 Å². The topological polar surface area (TPSA) is 62.2 Å². The molecule has 0 bridgehead atoms. The maximum Gasteiger partial charge on any atom is 0.312 e. The molecule has 1 aromatic heterocycles. The number of carboxylic acid groups (broad SMARTS) is 1. The van der Waals surface area contributed by atoms with Crippen LogP contribution >= 0.6 is 11.3 Å². The lowest BCUT2D eigenvalue weighted by atomic mass is 10.0. The summed E-state index contributed by atoms with van der Waals surface area (Å²) in [6.45, 7) is 6.66. The number of aliphatic carboxylic acids is 1. The lowest BCUT2D eigenvalue weighted by Gasteiger charge is -2.13. The van der Waals surface area contributed by atoms with Crippen LogP contribution in [0.3, 0.4) is 0 Å². The fourth-order valence-electron chi connectivity index (χ4n) is 2.64. The number of carbonyl (C=O) groups is 1. The quantitative estimate of drug-likeness (QED) is 0.801. The summed E-state index contributed by atoms with van der Waals surface area (Å²) in [5.41, 5.74) is 0.791. The van der Waals surface area contributed by atoms with Gasteiger partial charge in [0.2, 0.25) is 0 Å². The highest BCUT2D eigenvalue weighted by atomic mass is 32.1. The Morgan fingerprint density at radius 3 is 2.85 bits per heavy atom. The normalized spacial score (nSPS) is 19.1. The van der Waals surface area contributed by atoms with E-state index in [0.29, 0.717) is 12.5 Å². The highest BCUT2D eigenvalue weighted by Gasteiger charge is 2.32. The SMILES string of the molecule is CC(C)CCCC(C)Nc1nc2c(s1)CCC2C(=O)O. The van der Waals surface area contributed by atoms with Crippen LogP contribution in [-0.4, -0.2) is 22.1 Å². The van der Waals surface area contributed by atoms with E-state index in [4.69, 9.17) is 5.11 Å². The van der Waals surface area contributed by atoms with E-state index >= 15 is 0 Å². The Morgan fingerprint density at radius 1 is 1.45 bits per heavy atom. The fraction of sp³-hybridized carbons (Fsp3) is 0.733. The van der Waals surface area contributed by atoms with Crippen molar-refractivity contribution in [2.75, 3.05) is 5.32 Å². The Balaban J connectivity index is 1.88. The first kappa shape index (κ1) is 15.3. The van der Waals surface area contributed by atoms with Gasteiger partial charge in [0.05, 0.1) is 5.69 Å². The molecule has 2 N–H and O–H groups in total. The molecule has 1 aliphatic rings. The third kappa shape index (κ3) is 3.72. The zero-order valence-corrected chi connectivity index (χ0v) is 13.3. The van der Waals surface area contributed by atoms with Crippen LogP contribution in [0.4, 0.5) is 5.13 Å². The van der Waals surface area contributed by atoms with Crippen molar-refractivity contribution in [1.82, 2.24) is 4.98 Å². The molecule has 1 aromatic rings. The molecule has 112 valence electrons. The highest BCUT2D eigenvalue weighted by Crippen LogP contribution is 2.38. The molecule has 4 nitrogen and oxygen atoms in total. The van der Waals surface area contributed by atoms with Gasteiger partial charge >= 0.3 is 5.97 Å². The summed E-state index contributed by atoms with van der Waals surface area (Å²) in [4.78, 5) is 16.8. The number of aryl methyl sites for hydroxylation is 1. The summed E-state index contributed by atoms with van der Waals surface area (Å²) in [5, 5.41) is 13.5. The molecule has 1 heterocycles. The van der Waals surface area contributed by atoms with Crippen LogP contribution in [0.5, 0.6) is 0 Å². The van der Waals surface area contributed by atoms with E-state index in [2.05, 4.69) is 31.1 Å². The Morgan fingerprint density at radius 2 is 2.20 bits per heavy atom. The Hall–Kier alpha value is -1.10. The van der Waals surface area contributed by atoms with E-state index in [0.717, 1.165) is 34.5 Å². The minimum absolute atomic E-state index is 0.392. The summed E-state index contributed by atoms with van der Waals surface area (Å²) in [6.07, 6.45) is 5.15. The van der Waals surface area contributed by atoms with Crippen LogP contribution in [0.25, 0.3) is 0 Å². The molecule has 0 aliphatic heterocycles. The van der Waals surface area contributed by atoms with Crippen LogP contribution in [-0.2, 0) is 11.2 Å². The average molecular weight is 296 g/mol. The summed E-state index contributed by atoms with van der Waals surface area (Å²) in [7, 11) is 0. The Kier molecular flexibility index (Phi) is 5.02. The van der Waals surface area contributed by atoms with Crippen molar-refractivity contribution in [3.8, 4) is 0 Å². The minimum atomic E-state index is -0.745. The van der Waals surface area contributed by atoms with Gasteiger partial charge in [0.25, 0.3) is 0 Å². The van der Waals surface area contributed by atoms with Gasteiger partial charge in [-0.1, -0.05) is 26.7 Å². The first-order valence-corrected chi connectivity index (χ1v) is 8.28. The molecule has 1 aliphatic carbocycles. The molecule has 2 atom stereocenters. The lowest BCUT2D eigenvalue weighted by molar-refractivity contribution is -0.138. The lowest BCUT2D eigenvalue weighted by Crippen LogP contribution is -2.15. The van der Waals surface area contributed by atoms with E-state index in [1.807, 2.05) is 0 Å². The molecule has 0 aromatic carbocycles. The van der Waals surface area contributed by atoms with Gasteiger partial charge in [-0.15, -0.1) is 11.3 Å². The maximum absolute atomic E-state index is 11.1. The Bertz CT molecular complexity index is 470. The van der Waals surface area contributed by atoms with E-state index in [9.17, 15) is 4.79 Å². The third-order valence-corrected chi connectivity index (χ3v) is 4.87. The average Bonchev–Trinajstić information content (AvgIpc) is 2.86. The number of rotatable bonds is 7. The number of nitrogens with one attached hydrogen (secondary N) is 1. The van der Waals surface area contributed by atoms with Gasteiger partial charge in [-0.25, -0.2) is 4.98 Å². The fourth-order valence-corrected chi connectivity index (χ4v) is 3.79. The van der Waals surface area contributed by atoms with Crippen molar-refractivity contribution in [3.63, 3.8) is 0 Å². The number of thiazole rings is 1. The van der Waals surface area contributed by atoms with Crippen molar-refractivity contribution in [1.29, 1.82) is 0 Å². The molecule has 20 heavy (non-hydrogen) atoms. The molecule has 2 rings (SSSR count). The zero-order valence-electron chi connectivity index (χ0n) is 12.5. The summed E-state index contributed by atoms with van der Waals surface area (Å²) < 4.78 is 0. The zero-order chi connectivity index (χ0) is 14.7. The molecular weight excluding hydrogens is 272 g/mol. The van der Waals surface area contributed by atoms with Gasteiger partial charge < -0.3 is 10.4 Å². The van der Waals surface area contributed by atoms with Gasteiger partial charge in [-0.3, -0.25) is 4.79 Å². The number of hydrogen-bond donors (Lipinski definition) is 2. The number of hydrogen-bond acceptors (Lipinski definition) is 4. The van der Waals surface area contributed by atoms with Crippen LogP contribution in [0.2, 0.25) is 0 Å². The van der Waals surface area contributed by atoms with E-state index < -0.39 is 11.9 Å². The predicted molar refractivity (Wildman–Crippen MR) is 82.6 cm³/mol. The van der Waals surface area contributed by atoms with Gasteiger partial charge in [0, 0.05) is 10.9 Å². The smallest absolute Gasteiger partial charge is 0.312 e. The first-order valence-electron chi connectivity index (χ1n) is 7.46. The maximum atomic E-state index is 11.1. The summed E-state index contributed by atoms with van der Waals surface area (Å²) >= 11 is 1.63. The first-order chi connectivity index (χ1) is 9.47. The third-order valence-electron chi connectivity index (χ3n) is 3.80. The molecule has 0 spiro atoms. The molecule has 0 saturated heterocycles. The number of carboxylic acids is 1. The van der Waals surface area contributed by atoms with Crippen LogP contribution in [0.1, 0.15) is 62.9 Å². The van der Waals surface area contributed by atoms with Gasteiger partial charge in [-0.05, 0) is 32.1 Å². The highest BCUT2D eigenvalue weighted by molar-refractivity contribution is 7.15. The van der Waals surface area contributed by atoms with Gasteiger partial charge in [0.1, 0.15) is 5.92 Å². The Labute approximate surface area is 124 Å². The van der Waals surface area contributed by atoms with Crippen LogP contribution in [0.15, 0.2) is 0 Å². The van der Waals surface area contributed by atoms with E-state index in [-0.39, 0.29) is 0 Å². The van der Waals surface area contributed by atoms with Crippen molar-refractivity contribution in [2.45, 2.75) is 64.8 Å². The molecule has 0 radical (unpaired) electrons. The molecular formula is C15H24N2O2S. The molecule has 0 amide bonds. The molecule has 0 fully saturated rings. The largest absolute Gasteiger partial charge is 0.481 e. The number of aromatic nitrogens is 1.